The number of rotatable bonds is 4. The van der Waals surface area contributed by atoms with E-state index < -0.39 is 0 Å². The molecule has 2 nitrogen and oxygen atoms in total. The Balaban J connectivity index is 2.91. The third-order valence-electron chi connectivity index (χ3n) is 2.19. The lowest BCUT2D eigenvalue weighted by molar-refractivity contribution is -0.109. The van der Waals surface area contributed by atoms with Gasteiger partial charge in [0.05, 0.1) is 0 Å². The van der Waals surface area contributed by atoms with Gasteiger partial charge in [-0.05, 0) is 41.7 Å². The minimum absolute atomic E-state index is 0.294. The highest BCUT2D eigenvalue weighted by Gasteiger charge is 2.00. The Morgan fingerprint density at radius 3 is 2.94 bits per heavy atom. The first kappa shape index (κ1) is 12.1. The van der Waals surface area contributed by atoms with Crippen molar-refractivity contribution in [3.05, 3.63) is 35.4 Å². The van der Waals surface area contributed by atoms with E-state index in [-0.39, 0.29) is 5.78 Å². The second kappa shape index (κ2) is 5.77. The van der Waals surface area contributed by atoms with E-state index in [0.29, 0.717) is 5.75 Å². The number of carbonyl (C=O) groups is 1. The molecule has 0 saturated heterocycles. The van der Waals surface area contributed by atoms with Gasteiger partial charge in [-0.1, -0.05) is 25.5 Å². The second-order valence-corrected chi connectivity index (χ2v) is 3.48. The molecule has 1 aromatic carbocycles. The number of hydrogen-bond donors (Lipinski definition) is 1. The minimum Gasteiger partial charge on any atom is -0.508 e. The fourth-order valence-corrected chi connectivity index (χ4v) is 1.40. The van der Waals surface area contributed by atoms with Crippen molar-refractivity contribution >= 4 is 11.9 Å². The summed E-state index contributed by atoms with van der Waals surface area (Å²) in [5.41, 5.74) is 1.75. The third kappa shape index (κ3) is 3.29. The molecule has 1 rings (SSSR count). The number of phenolic OH excluding ortho intramolecular Hbond substituents is 1. The number of hydrogen-bond acceptors (Lipinski definition) is 2. The number of terminal acetylenes is 1. The summed E-state index contributed by atoms with van der Waals surface area (Å²) in [4.78, 5) is 10.9. The van der Waals surface area contributed by atoms with Gasteiger partial charge in [-0.15, -0.1) is 6.42 Å². The van der Waals surface area contributed by atoms with E-state index in [1.807, 2.05) is 18.9 Å². The molecule has 16 heavy (non-hydrogen) atoms. The van der Waals surface area contributed by atoms with Gasteiger partial charge >= 0.3 is 0 Å². The van der Waals surface area contributed by atoms with E-state index in [2.05, 4.69) is 0 Å². The molecule has 0 fully saturated rings. The quantitative estimate of drug-likeness (QED) is 0.475. The van der Waals surface area contributed by atoms with E-state index in [4.69, 9.17) is 6.42 Å². The van der Waals surface area contributed by atoms with E-state index >= 15 is 0 Å². The first-order valence-corrected chi connectivity index (χ1v) is 5.18. The van der Waals surface area contributed by atoms with Crippen LogP contribution in [0.3, 0.4) is 0 Å². The van der Waals surface area contributed by atoms with Crippen molar-refractivity contribution in [2.24, 2.45) is 0 Å². The summed E-state index contributed by atoms with van der Waals surface area (Å²) in [5, 5.41) is 9.57. The fraction of sp³-hybridized carbons (Fsp3) is 0.214. The van der Waals surface area contributed by atoms with Crippen LogP contribution in [-0.4, -0.2) is 10.9 Å². The summed E-state index contributed by atoms with van der Waals surface area (Å²) in [6.07, 6.45) is 9.73. The first-order chi connectivity index (χ1) is 7.67. The van der Waals surface area contributed by atoms with Crippen LogP contribution < -0.4 is 0 Å². The van der Waals surface area contributed by atoms with Crippen LogP contribution in [0.5, 0.6) is 5.75 Å². The fourth-order valence-electron chi connectivity index (χ4n) is 1.40. The molecule has 1 N–H and O–H groups in total. The van der Waals surface area contributed by atoms with Gasteiger partial charge in [0.15, 0.2) is 0 Å². The highest BCUT2D eigenvalue weighted by molar-refractivity contribution is 6.06. The van der Waals surface area contributed by atoms with Crippen LogP contribution in [-0.2, 0) is 11.2 Å². The lowest BCUT2D eigenvalue weighted by Crippen LogP contribution is -1.87. The van der Waals surface area contributed by atoms with Crippen LogP contribution in [0.25, 0.3) is 6.08 Å². The molecule has 0 radical (unpaired) electrons. The molecule has 0 bridgehead atoms. The normalized spacial score (nSPS) is 10.2. The zero-order valence-corrected chi connectivity index (χ0v) is 9.23. The Hall–Kier alpha value is -2.01. The topological polar surface area (TPSA) is 37.3 Å². The highest BCUT2D eigenvalue weighted by Crippen LogP contribution is 2.20. The van der Waals surface area contributed by atoms with Crippen molar-refractivity contribution in [3.8, 4) is 18.1 Å². The number of carbonyl (C=O) groups excluding carboxylic acids is 1. The molecule has 1 aromatic rings. The van der Waals surface area contributed by atoms with Crippen LogP contribution in [0.2, 0.25) is 0 Å². The Kier molecular flexibility index (Phi) is 4.35. The minimum atomic E-state index is -0.356. The maximum absolute atomic E-state index is 10.9. The number of aromatic hydroxyl groups is 1. The van der Waals surface area contributed by atoms with Gasteiger partial charge in [0, 0.05) is 0 Å². The van der Waals surface area contributed by atoms with E-state index in [1.165, 1.54) is 6.08 Å². The van der Waals surface area contributed by atoms with Gasteiger partial charge in [0.25, 0.3) is 0 Å². The number of phenols is 1. The van der Waals surface area contributed by atoms with Crippen molar-refractivity contribution in [1.82, 2.24) is 0 Å². The SMILES string of the molecule is C#CC(=O)/C=C/c1ccc(O)c(CCC)c1. The molecule has 82 valence electrons. The molecule has 0 aliphatic rings. The molecule has 2 heteroatoms. The lowest BCUT2D eigenvalue weighted by atomic mass is 10.0. The van der Waals surface area contributed by atoms with E-state index in [0.717, 1.165) is 24.0 Å². The molecular weight excluding hydrogens is 200 g/mol. The standard InChI is InChI=1S/C14H14O2/c1-3-5-12-10-11(7-9-14(12)16)6-8-13(15)4-2/h2,6-10,16H,3,5H2,1H3/b8-6+. The van der Waals surface area contributed by atoms with Crippen LogP contribution in [0.15, 0.2) is 24.3 Å². The summed E-state index contributed by atoms with van der Waals surface area (Å²) in [6.45, 7) is 2.05. The van der Waals surface area contributed by atoms with Crippen LogP contribution >= 0.6 is 0 Å². The second-order valence-electron chi connectivity index (χ2n) is 3.48. The molecular formula is C14H14O2. The zero-order chi connectivity index (χ0) is 12.0. The number of benzene rings is 1. The molecule has 0 amide bonds. The summed E-state index contributed by atoms with van der Waals surface area (Å²) in [7, 11) is 0. The van der Waals surface area contributed by atoms with E-state index in [9.17, 15) is 9.90 Å². The highest BCUT2D eigenvalue weighted by atomic mass is 16.3. The Morgan fingerprint density at radius 2 is 2.31 bits per heavy atom. The molecule has 0 aromatic heterocycles. The monoisotopic (exact) mass is 214 g/mol. The smallest absolute Gasteiger partial charge is 0.228 e. The molecule has 0 aliphatic heterocycles. The van der Waals surface area contributed by atoms with Gasteiger partial charge < -0.3 is 5.11 Å². The first-order valence-electron chi connectivity index (χ1n) is 5.18. The molecule has 0 aliphatic carbocycles. The van der Waals surface area contributed by atoms with Crippen molar-refractivity contribution in [2.75, 3.05) is 0 Å². The Labute approximate surface area is 95.6 Å². The van der Waals surface area contributed by atoms with Crippen LogP contribution in [0.4, 0.5) is 0 Å². The lowest BCUT2D eigenvalue weighted by Gasteiger charge is -2.03. The summed E-state index contributed by atoms with van der Waals surface area (Å²) >= 11 is 0. The van der Waals surface area contributed by atoms with Crippen LogP contribution in [0, 0.1) is 12.3 Å². The third-order valence-corrected chi connectivity index (χ3v) is 2.19. The average Bonchev–Trinajstić information content (AvgIpc) is 2.30. The number of ketones is 1. The van der Waals surface area contributed by atoms with Crippen molar-refractivity contribution < 1.29 is 9.90 Å². The number of allylic oxidation sites excluding steroid dienone is 1. The van der Waals surface area contributed by atoms with Crippen molar-refractivity contribution in [3.63, 3.8) is 0 Å². The molecule has 0 heterocycles. The Morgan fingerprint density at radius 1 is 1.56 bits per heavy atom. The van der Waals surface area contributed by atoms with Gasteiger partial charge in [-0.3, -0.25) is 4.79 Å². The predicted molar refractivity (Wildman–Crippen MR) is 65.0 cm³/mol. The maximum Gasteiger partial charge on any atom is 0.228 e. The van der Waals surface area contributed by atoms with Gasteiger partial charge in [-0.2, -0.15) is 0 Å². The zero-order valence-electron chi connectivity index (χ0n) is 9.23. The Bertz CT molecular complexity index is 450. The molecule has 0 spiro atoms. The number of aryl methyl sites for hydroxylation is 1. The van der Waals surface area contributed by atoms with Gasteiger partial charge in [0.1, 0.15) is 5.75 Å². The molecule has 0 unspecified atom stereocenters. The summed E-state index contributed by atoms with van der Waals surface area (Å²) < 4.78 is 0. The van der Waals surface area contributed by atoms with E-state index in [1.54, 1.807) is 18.2 Å². The van der Waals surface area contributed by atoms with Gasteiger partial charge in [-0.25, -0.2) is 0 Å². The van der Waals surface area contributed by atoms with Crippen LogP contribution in [0.1, 0.15) is 24.5 Å². The van der Waals surface area contributed by atoms with Crippen molar-refractivity contribution in [2.45, 2.75) is 19.8 Å². The summed E-state index contributed by atoms with van der Waals surface area (Å²) in [6, 6.07) is 5.24. The summed E-state index contributed by atoms with van der Waals surface area (Å²) in [5.74, 6) is 1.95. The van der Waals surface area contributed by atoms with Crippen molar-refractivity contribution in [1.29, 1.82) is 0 Å². The average molecular weight is 214 g/mol. The maximum atomic E-state index is 10.9. The largest absolute Gasteiger partial charge is 0.508 e. The molecule has 0 atom stereocenters. The predicted octanol–water partition coefficient (Wildman–Crippen LogP) is 2.56. The molecule has 0 saturated carbocycles. The van der Waals surface area contributed by atoms with Gasteiger partial charge in [0.2, 0.25) is 5.78 Å².